The summed E-state index contributed by atoms with van der Waals surface area (Å²) in [6, 6.07) is 10.4. The second-order valence-corrected chi connectivity index (χ2v) is 5.17. The second-order valence-electron chi connectivity index (χ2n) is 5.17. The van der Waals surface area contributed by atoms with Gasteiger partial charge in [-0.15, -0.1) is 0 Å². The lowest BCUT2D eigenvalue weighted by Crippen LogP contribution is -2.49. The van der Waals surface area contributed by atoms with E-state index in [1.165, 1.54) is 0 Å². The molecule has 1 N–H and O–H groups in total. The number of nitrogens with zero attached hydrogens (tertiary/aromatic N) is 1. The molecule has 2 atom stereocenters. The number of carbonyl (C=O) groups excluding carboxylic acids is 1. The zero-order valence-electron chi connectivity index (χ0n) is 11.9. The van der Waals surface area contributed by atoms with Gasteiger partial charge in [-0.3, -0.25) is 4.79 Å². The van der Waals surface area contributed by atoms with Gasteiger partial charge in [0.2, 0.25) is 5.91 Å². The minimum atomic E-state index is 0.111. The van der Waals surface area contributed by atoms with E-state index in [2.05, 4.69) is 31.3 Å². The average Bonchev–Trinajstić information content (AvgIpc) is 2.46. The van der Waals surface area contributed by atoms with Crippen LogP contribution in [-0.4, -0.2) is 23.4 Å². The van der Waals surface area contributed by atoms with E-state index in [0.717, 1.165) is 24.2 Å². The quantitative estimate of drug-likeness (QED) is 0.904. The number of nitrogens with one attached hydrogen (secondary N) is 1. The predicted molar refractivity (Wildman–Crippen MR) is 78.2 cm³/mol. The largest absolute Gasteiger partial charge is 0.381 e. The molecule has 0 saturated heterocycles. The Balaban J connectivity index is 2.28. The summed E-state index contributed by atoms with van der Waals surface area (Å²) in [4.78, 5) is 13.7. The molecule has 3 heteroatoms. The maximum atomic E-state index is 11.9. The molecule has 102 valence electrons. The molecule has 0 aliphatic carbocycles. The SMILES string of the molecule is CCC(C)C1CNC(c2ccccc2)=CN1C(C)=O. The topological polar surface area (TPSA) is 32.3 Å². The third-order valence-corrected chi connectivity index (χ3v) is 3.88. The van der Waals surface area contributed by atoms with Crippen molar-refractivity contribution in [2.45, 2.75) is 33.2 Å². The number of benzene rings is 1. The van der Waals surface area contributed by atoms with Gasteiger partial charge in [0.1, 0.15) is 0 Å². The van der Waals surface area contributed by atoms with Crippen LogP contribution >= 0.6 is 0 Å². The van der Waals surface area contributed by atoms with E-state index in [1.807, 2.05) is 29.3 Å². The highest BCUT2D eigenvalue weighted by atomic mass is 16.2. The molecule has 1 aromatic carbocycles. The Morgan fingerprint density at radius 2 is 2.11 bits per heavy atom. The molecule has 1 heterocycles. The van der Waals surface area contributed by atoms with Crippen molar-refractivity contribution in [2.24, 2.45) is 5.92 Å². The molecule has 0 aromatic heterocycles. The summed E-state index contributed by atoms with van der Waals surface area (Å²) in [5.41, 5.74) is 2.15. The third-order valence-electron chi connectivity index (χ3n) is 3.88. The lowest BCUT2D eigenvalue weighted by atomic mass is 9.95. The molecule has 0 spiro atoms. The normalized spacial score (nSPS) is 20.5. The van der Waals surface area contributed by atoms with E-state index in [0.29, 0.717) is 5.92 Å². The maximum absolute atomic E-state index is 11.9. The van der Waals surface area contributed by atoms with E-state index in [-0.39, 0.29) is 11.9 Å². The van der Waals surface area contributed by atoms with Gasteiger partial charge in [-0.1, -0.05) is 50.6 Å². The maximum Gasteiger partial charge on any atom is 0.223 e. The highest BCUT2D eigenvalue weighted by Crippen LogP contribution is 2.23. The van der Waals surface area contributed by atoms with Crippen LogP contribution in [0.2, 0.25) is 0 Å². The Labute approximate surface area is 115 Å². The monoisotopic (exact) mass is 258 g/mol. The lowest BCUT2D eigenvalue weighted by molar-refractivity contribution is -0.129. The van der Waals surface area contributed by atoms with Crippen molar-refractivity contribution >= 4 is 11.6 Å². The van der Waals surface area contributed by atoms with Gasteiger partial charge in [-0.25, -0.2) is 0 Å². The van der Waals surface area contributed by atoms with Crippen LogP contribution in [0.15, 0.2) is 36.5 Å². The number of rotatable bonds is 3. The Kier molecular flexibility index (Phi) is 4.25. The van der Waals surface area contributed by atoms with Crippen molar-refractivity contribution in [1.29, 1.82) is 0 Å². The van der Waals surface area contributed by atoms with E-state index >= 15 is 0 Å². The molecule has 1 aliphatic heterocycles. The van der Waals surface area contributed by atoms with Gasteiger partial charge in [-0.05, 0) is 11.5 Å². The Hall–Kier alpha value is -1.77. The molecule has 1 amide bonds. The van der Waals surface area contributed by atoms with E-state index in [9.17, 15) is 4.79 Å². The fourth-order valence-corrected chi connectivity index (χ4v) is 2.46. The summed E-state index contributed by atoms with van der Waals surface area (Å²) in [5.74, 6) is 0.602. The highest BCUT2D eigenvalue weighted by Gasteiger charge is 2.28. The van der Waals surface area contributed by atoms with Crippen molar-refractivity contribution < 1.29 is 4.79 Å². The predicted octanol–water partition coefficient (Wildman–Crippen LogP) is 2.85. The second kappa shape index (κ2) is 5.91. The van der Waals surface area contributed by atoms with Crippen molar-refractivity contribution in [1.82, 2.24) is 10.2 Å². The van der Waals surface area contributed by atoms with Gasteiger partial charge >= 0.3 is 0 Å². The molecule has 1 aliphatic rings. The smallest absolute Gasteiger partial charge is 0.223 e. The lowest BCUT2D eigenvalue weighted by Gasteiger charge is -2.37. The summed E-state index contributed by atoms with van der Waals surface area (Å²) in [6.45, 7) is 6.82. The van der Waals surface area contributed by atoms with Gasteiger partial charge in [0.25, 0.3) is 0 Å². The highest BCUT2D eigenvalue weighted by molar-refractivity contribution is 5.78. The number of hydrogen-bond acceptors (Lipinski definition) is 2. The summed E-state index contributed by atoms with van der Waals surface area (Å²) < 4.78 is 0. The fourth-order valence-electron chi connectivity index (χ4n) is 2.46. The molecule has 1 aromatic rings. The number of hydrogen-bond donors (Lipinski definition) is 1. The van der Waals surface area contributed by atoms with Crippen LogP contribution in [0, 0.1) is 5.92 Å². The van der Waals surface area contributed by atoms with Crippen LogP contribution in [0.1, 0.15) is 32.8 Å². The van der Waals surface area contributed by atoms with E-state index in [1.54, 1.807) is 6.92 Å². The van der Waals surface area contributed by atoms with Gasteiger partial charge < -0.3 is 10.2 Å². The number of carbonyl (C=O) groups is 1. The molecule has 3 nitrogen and oxygen atoms in total. The van der Waals surface area contributed by atoms with Gasteiger partial charge in [0.15, 0.2) is 0 Å². The Morgan fingerprint density at radius 1 is 1.42 bits per heavy atom. The average molecular weight is 258 g/mol. The molecular weight excluding hydrogens is 236 g/mol. The van der Waals surface area contributed by atoms with Crippen molar-refractivity contribution in [3.63, 3.8) is 0 Å². The summed E-state index contributed by atoms with van der Waals surface area (Å²) >= 11 is 0. The van der Waals surface area contributed by atoms with E-state index < -0.39 is 0 Å². The minimum Gasteiger partial charge on any atom is -0.381 e. The Morgan fingerprint density at radius 3 is 2.68 bits per heavy atom. The fraction of sp³-hybridized carbons (Fsp3) is 0.438. The van der Waals surface area contributed by atoms with Crippen molar-refractivity contribution in [3.8, 4) is 0 Å². The van der Waals surface area contributed by atoms with Gasteiger partial charge in [0.05, 0.1) is 11.7 Å². The van der Waals surface area contributed by atoms with E-state index in [4.69, 9.17) is 0 Å². The van der Waals surface area contributed by atoms with Crippen LogP contribution in [0.3, 0.4) is 0 Å². The first-order chi connectivity index (χ1) is 9.13. The molecule has 19 heavy (non-hydrogen) atoms. The summed E-state index contributed by atoms with van der Waals surface area (Å²) in [5, 5.41) is 3.45. The van der Waals surface area contributed by atoms with Crippen molar-refractivity contribution in [3.05, 3.63) is 42.1 Å². The Bertz CT molecular complexity index is 467. The minimum absolute atomic E-state index is 0.111. The van der Waals surface area contributed by atoms with Crippen molar-refractivity contribution in [2.75, 3.05) is 6.54 Å². The zero-order valence-corrected chi connectivity index (χ0v) is 11.9. The standard InChI is InChI=1S/C16H22N2O/c1-4-12(2)16-10-17-15(11-18(16)13(3)19)14-8-6-5-7-9-14/h5-9,11-12,16-17H,4,10H2,1-3H3. The third kappa shape index (κ3) is 2.98. The molecular formula is C16H22N2O. The molecule has 2 rings (SSSR count). The molecule has 0 fully saturated rings. The van der Waals surface area contributed by atoms with Gasteiger partial charge in [-0.2, -0.15) is 0 Å². The van der Waals surface area contributed by atoms with Gasteiger partial charge in [0, 0.05) is 19.7 Å². The molecule has 2 unspecified atom stereocenters. The summed E-state index contributed by atoms with van der Waals surface area (Å²) in [7, 11) is 0. The molecule has 0 bridgehead atoms. The molecule has 0 radical (unpaired) electrons. The first kappa shape index (κ1) is 13.7. The molecule has 0 saturated carbocycles. The van der Waals surface area contributed by atoms with Crippen LogP contribution < -0.4 is 5.32 Å². The zero-order chi connectivity index (χ0) is 13.8. The summed E-state index contributed by atoms with van der Waals surface area (Å²) in [6.07, 6.45) is 3.03. The van der Waals surface area contributed by atoms with Crippen LogP contribution in [0.25, 0.3) is 5.70 Å². The van der Waals surface area contributed by atoms with Crippen LogP contribution in [0.5, 0.6) is 0 Å². The number of amides is 1. The first-order valence-corrected chi connectivity index (χ1v) is 6.93. The first-order valence-electron chi connectivity index (χ1n) is 6.93. The van der Waals surface area contributed by atoms with Crippen LogP contribution in [-0.2, 0) is 4.79 Å². The van der Waals surface area contributed by atoms with Crippen LogP contribution in [0.4, 0.5) is 0 Å².